The van der Waals surface area contributed by atoms with Gasteiger partial charge in [-0.3, -0.25) is 9.13 Å². The fourth-order valence-electron chi connectivity index (χ4n) is 1.61. The minimum atomic E-state index is -4.66. The molecule has 0 aromatic heterocycles. The summed E-state index contributed by atoms with van der Waals surface area (Å²) in [6, 6.07) is 0. The summed E-state index contributed by atoms with van der Waals surface area (Å²) in [5.74, 6) is 0.198. The average molecular weight is 310 g/mol. The van der Waals surface area contributed by atoms with E-state index in [1.165, 1.54) is 11.6 Å². The molecule has 0 aliphatic rings. The molecule has 7 heteroatoms. The van der Waals surface area contributed by atoms with E-state index in [0.29, 0.717) is 6.42 Å². The summed E-state index contributed by atoms with van der Waals surface area (Å²) in [6.07, 6.45) is 5.48. The largest absolute Gasteiger partial charge is 0.361 e. The van der Waals surface area contributed by atoms with Gasteiger partial charge in [-0.2, -0.15) is 0 Å². The van der Waals surface area contributed by atoms with Gasteiger partial charge in [-0.15, -0.1) is 0 Å². The summed E-state index contributed by atoms with van der Waals surface area (Å²) in [5, 5.41) is -0.630. The minimum Gasteiger partial charge on any atom is -0.341 e. The van der Waals surface area contributed by atoms with Crippen LogP contribution in [0.2, 0.25) is 0 Å². The summed E-state index contributed by atoms with van der Waals surface area (Å²) in [5.41, 5.74) is 1.23. The molecule has 2 atom stereocenters. The monoisotopic (exact) mass is 310 g/mol. The van der Waals surface area contributed by atoms with E-state index in [0.717, 1.165) is 19.5 Å². The molecule has 0 aliphatic carbocycles. The van der Waals surface area contributed by atoms with E-state index in [4.69, 9.17) is 9.79 Å². The second-order valence-corrected chi connectivity index (χ2v) is 9.35. The Bertz CT molecular complexity index is 413. The standard InChI is InChI=1S/C12H24O5P2/c1-10(2)6-5-7-11(3)8-9-12(18(4,13)14)19(15,16)17/h6,9,11H,5,7-8H2,1-4H3,(H,13,14)(H2,15,16,17)/b12-9+. The highest BCUT2D eigenvalue weighted by atomic mass is 31.2. The molecule has 2 unspecified atom stereocenters. The zero-order chi connectivity index (χ0) is 15.3. The molecule has 0 rings (SSSR count). The van der Waals surface area contributed by atoms with E-state index in [2.05, 4.69) is 6.08 Å². The predicted molar refractivity (Wildman–Crippen MR) is 78.3 cm³/mol. The second kappa shape index (κ2) is 7.56. The second-order valence-electron chi connectivity index (χ2n) is 5.19. The van der Waals surface area contributed by atoms with E-state index in [1.807, 2.05) is 20.8 Å². The molecule has 0 spiro atoms. The van der Waals surface area contributed by atoms with E-state index in [9.17, 15) is 14.0 Å². The molecule has 112 valence electrons. The van der Waals surface area contributed by atoms with Crippen molar-refractivity contribution in [2.24, 2.45) is 5.92 Å². The van der Waals surface area contributed by atoms with Crippen LogP contribution in [-0.2, 0) is 9.13 Å². The number of hydrogen-bond acceptors (Lipinski definition) is 2. The van der Waals surface area contributed by atoms with Crippen molar-refractivity contribution in [3.8, 4) is 0 Å². The summed E-state index contributed by atoms with van der Waals surface area (Å²) in [7, 11) is -8.57. The van der Waals surface area contributed by atoms with Gasteiger partial charge in [0.05, 0.1) is 0 Å². The lowest BCUT2D eigenvalue weighted by atomic mass is 10.0. The molecule has 3 N–H and O–H groups in total. The van der Waals surface area contributed by atoms with Crippen LogP contribution in [0.4, 0.5) is 0 Å². The first-order valence-corrected chi connectivity index (χ1v) is 9.87. The predicted octanol–water partition coefficient (Wildman–Crippen LogP) is 3.68. The topological polar surface area (TPSA) is 94.8 Å². The van der Waals surface area contributed by atoms with Crippen LogP contribution in [0.3, 0.4) is 0 Å². The van der Waals surface area contributed by atoms with Crippen LogP contribution in [-0.4, -0.2) is 21.3 Å². The van der Waals surface area contributed by atoms with Crippen molar-refractivity contribution < 1.29 is 23.8 Å². The Morgan fingerprint density at radius 3 is 2.05 bits per heavy atom. The van der Waals surface area contributed by atoms with Gasteiger partial charge in [-0.05, 0) is 39.0 Å². The third kappa shape index (κ3) is 8.56. The maximum Gasteiger partial charge on any atom is 0.361 e. The lowest BCUT2D eigenvalue weighted by molar-refractivity contribution is 0.382. The summed E-state index contributed by atoms with van der Waals surface area (Å²) >= 11 is 0. The first kappa shape index (κ1) is 18.8. The quantitative estimate of drug-likeness (QED) is 0.492. The normalized spacial score (nSPS) is 17.7. The lowest BCUT2D eigenvalue weighted by Gasteiger charge is -2.14. The smallest absolute Gasteiger partial charge is 0.341 e. The molecule has 0 heterocycles. The first-order chi connectivity index (χ1) is 8.44. The fourth-order valence-corrected chi connectivity index (χ4v) is 4.33. The van der Waals surface area contributed by atoms with Crippen molar-refractivity contribution in [3.63, 3.8) is 0 Å². The van der Waals surface area contributed by atoms with E-state index < -0.39 is 20.0 Å². The van der Waals surface area contributed by atoms with Gasteiger partial charge in [0.15, 0.2) is 0 Å². The van der Waals surface area contributed by atoms with Gasteiger partial charge in [0.25, 0.3) is 0 Å². The molecular weight excluding hydrogens is 286 g/mol. The van der Waals surface area contributed by atoms with Crippen molar-refractivity contribution in [3.05, 3.63) is 22.8 Å². The van der Waals surface area contributed by atoms with Crippen LogP contribution in [0.25, 0.3) is 0 Å². The maximum atomic E-state index is 11.5. The van der Waals surface area contributed by atoms with Crippen LogP contribution in [0.15, 0.2) is 22.8 Å². The van der Waals surface area contributed by atoms with Crippen LogP contribution in [0.5, 0.6) is 0 Å². The van der Waals surface area contributed by atoms with Crippen molar-refractivity contribution in [2.45, 2.75) is 40.0 Å². The van der Waals surface area contributed by atoms with Gasteiger partial charge in [0.1, 0.15) is 5.06 Å². The highest BCUT2D eigenvalue weighted by molar-refractivity contribution is 7.79. The molecule has 0 bridgehead atoms. The van der Waals surface area contributed by atoms with Crippen LogP contribution in [0, 0.1) is 5.92 Å². The van der Waals surface area contributed by atoms with E-state index in [-0.39, 0.29) is 5.92 Å². The number of allylic oxidation sites excluding steroid dienone is 3. The van der Waals surface area contributed by atoms with Gasteiger partial charge in [0, 0.05) is 6.66 Å². The molecule has 0 aliphatic heterocycles. The minimum absolute atomic E-state index is 0.198. The molecule has 0 radical (unpaired) electrons. The lowest BCUT2D eigenvalue weighted by Crippen LogP contribution is -1.94. The highest BCUT2D eigenvalue weighted by Crippen LogP contribution is 2.64. The molecular formula is C12H24O5P2. The molecule has 0 aromatic rings. The van der Waals surface area contributed by atoms with Crippen LogP contribution >= 0.6 is 15.0 Å². The molecule has 5 nitrogen and oxygen atoms in total. The summed E-state index contributed by atoms with van der Waals surface area (Å²) < 4.78 is 22.6. The van der Waals surface area contributed by atoms with Crippen LogP contribution in [0.1, 0.15) is 40.0 Å². The SMILES string of the molecule is CC(C)=CCCC(C)C/C=C(\P(C)(=O)O)P(=O)(O)O. The highest BCUT2D eigenvalue weighted by Gasteiger charge is 2.33. The molecule has 0 aromatic carbocycles. The first-order valence-electron chi connectivity index (χ1n) is 6.15. The molecule has 0 saturated carbocycles. The Balaban J connectivity index is 4.70. The Labute approximate surface area is 115 Å². The zero-order valence-corrected chi connectivity index (χ0v) is 13.7. The summed E-state index contributed by atoms with van der Waals surface area (Å²) in [4.78, 5) is 27.5. The van der Waals surface area contributed by atoms with Crippen LogP contribution < -0.4 is 0 Å². The van der Waals surface area contributed by atoms with E-state index >= 15 is 0 Å². The summed E-state index contributed by atoms with van der Waals surface area (Å²) in [6.45, 7) is 6.92. The average Bonchev–Trinajstić information content (AvgIpc) is 2.12. The van der Waals surface area contributed by atoms with Gasteiger partial charge in [-0.1, -0.05) is 24.6 Å². The van der Waals surface area contributed by atoms with Gasteiger partial charge < -0.3 is 14.7 Å². The Morgan fingerprint density at radius 2 is 1.68 bits per heavy atom. The molecule has 19 heavy (non-hydrogen) atoms. The third-order valence-corrected chi connectivity index (χ3v) is 6.35. The number of rotatable bonds is 7. The Kier molecular flexibility index (Phi) is 7.49. The van der Waals surface area contributed by atoms with Crippen molar-refractivity contribution >= 4 is 15.0 Å². The maximum absolute atomic E-state index is 11.5. The van der Waals surface area contributed by atoms with Gasteiger partial charge >= 0.3 is 7.60 Å². The van der Waals surface area contributed by atoms with Crippen molar-refractivity contribution in [1.29, 1.82) is 0 Å². The van der Waals surface area contributed by atoms with Crippen molar-refractivity contribution in [1.82, 2.24) is 0 Å². The Hall–Kier alpha value is -0.180. The Morgan fingerprint density at radius 1 is 1.16 bits per heavy atom. The van der Waals surface area contributed by atoms with E-state index in [1.54, 1.807) is 0 Å². The van der Waals surface area contributed by atoms with Gasteiger partial charge in [-0.25, -0.2) is 0 Å². The van der Waals surface area contributed by atoms with Crippen molar-refractivity contribution in [2.75, 3.05) is 6.66 Å². The van der Waals surface area contributed by atoms with Gasteiger partial charge in [0.2, 0.25) is 7.37 Å². The molecule has 0 fully saturated rings. The molecule has 0 saturated heterocycles. The zero-order valence-electron chi connectivity index (χ0n) is 11.9. The number of hydrogen-bond donors (Lipinski definition) is 3. The molecule has 0 amide bonds. The third-order valence-electron chi connectivity index (χ3n) is 2.64. The fraction of sp³-hybridized carbons (Fsp3) is 0.667.